The van der Waals surface area contributed by atoms with Crippen molar-refractivity contribution >= 4 is 41.5 Å². The Kier molecular flexibility index (Phi) is 6.88. The number of alkyl halides is 6. The first-order valence-corrected chi connectivity index (χ1v) is 8.65. The molecule has 0 aliphatic heterocycles. The van der Waals surface area contributed by atoms with Crippen LogP contribution in [0.4, 0.5) is 26.3 Å². The van der Waals surface area contributed by atoms with Crippen molar-refractivity contribution in [3.05, 3.63) is 74.3 Å². The number of aldehydes is 1. The van der Waals surface area contributed by atoms with Crippen LogP contribution in [-0.4, -0.2) is 23.5 Å². The number of aromatic carboxylic acids is 1. The van der Waals surface area contributed by atoms with Crippen LogP contribution >= 0.6 is 23.2 Å². The number of hydrogen-bond donors (Lipinski definition) is 1. The Hall–Kier alpha value is -2.52. The van der Waals surface area contributed by atoms with E-state index in [1.165, 1.54) is 0 Å². The summed E-state index contributed by atoms with van der Waals surface area (Å²) in [5, 5.41) is 8.33. The fourth-order valence-electron chi connectivity index (χ4n) is 2.60. The molecular formula is C19H10Cl2F6O3. The van der Waals surface area contributed by atoms with E-state index in [0.29, 0.717) is 18.2 Å². The Balaban J connectivity index is 2.55. The maximum absolute atomic E-state index is 13.5. The number of halogens is 8. The number of carbonyl (C=O) groups excluding carboxylic acids is 1. The molecule has 160 valence electrons. The van der Waals surface area contributed by atoms with Crippen LogP contribution < -0.4 is 0 Å². The zero-order valence-electron chi connectivity index (χ0n) is 14.5. The van der Waals surface area contributed by atoms with Gasteiger partial charge in [0.1, 0.15) is 0 Å². The Morgan fingerprint density at radius 1 is 1.03 bits per heavy atom. The van der Waals surface area contributed by atoms with E-state index in [9.17, 15) is 35.9 Å². The molecule has 0 amide bonds. The van der Waals surface area contributed by atoms with Crippen molar-refractivity contribution in [1.29, 1.82) is 0 Å². The fourth-order valence-corrected chi connectivity index (χ4v) is 2.99. The molecule has 0 saturated heterocycles. The number of hydrogen-bond acceptors (Lipinski definition) is 2. The molecule has 1 N–H and O–H groups in total. The summed E-state index contributed by atoms with van der Waals surface area (Å²) in [5.74, 6) is -4.15. The second-order valence-corrected chi connectivity index (χ2v) is 6.80. The largest absolute Gasteiger partial charge is 0.478 e. The average Bonchev–Trinajstić information content (AvgIpc) is 2.62. The molecule has 30 heavy (non-hydrogen) atoms. The summed E-state index contributed by atoms with van der Waals surface area (Å²) in [6, 6.07) is 3.79. The zero-order chi connectivity index (χ0) is 22.9. The van der Waals surface area contributed by atoms with Crippen LogP contribution in [0.15, 0.2) is 36.4 Å². The normalized spacial score (nSPS) is 13.5. The van der Waals surface area contributed by atoms with Crippen LogP contribution in [0.25, 0.3) is 6.08 Å². The third-order valence-electron chi connectivity index (χ3n) is 3.98. The molecule has 2 rings (SSSR count). The van der Waals surface area contributed by atoms with Crippen molar-refractivity contribution in [2.24, 2.45) is 0 Å². The maximum atomic E-state index is 13.5. The highest BCUT2D eigenvalue weighted by Gasteiger charge is 2.40. The minimum atomic E-state index is -5.02. The molecule has 11 heteroatoms. The van der Waals surface area contributed by atoms with Gasteiger partial charge in [-0.05, 0) is 35.4 Å². The highest BCUT2D eigenvalue weighted by atomic mass is 35.5. The molecule has 2 aromatic rings. The summed E-state index contributed by atoms with van der Waals surface area (Å²) >= 11 is 11.5. The fraction of sp³-hybridized carbons (Fsp3) is 0.158. The van der Waals surface area contributed by atoms with Gasteiger partial charge in [0, 0.05) is 5.56 Å². The maximum Gasteiger partial charge on any atom is 0.417 e. The number of allylic oxidation sites excluding steroid dienone is 1. The van der Waals surface area contributed by atoms with Gasteiger partial charge >= 0.3 is 18.3 Å². The van der Waals surface area contributed by atoms with Crippen molar-refractivity contribution in [2.75, 3.05) is 0 Å². The molecule has 0 aromatic heterocycles. The predicted molar refractivity (Wildman–Crippen MR) is 98.1 cm³/mol. The first-order valence-electron chi connectivity index (χ1n) is 7.89. The lowest BCUT2D eigenvalue weighted by Crippen LogP contribution is -2.19. The Labute approximate surface area is 175 Å². The summed E-state index contributed by atoms with van der Waals surface area (Å²) < 4.78 is 79.9. The highest BCUT2D eigenvalue weighted by Crippen LogP contribution is 2.40. The van der Waals surface area contributed by atoms with Gasteiger partial charge in [-0.3, -0.25) is 4.79 Å². The molecule has 0 bridgehead atoms. The molecule has 0 aliphatic carbocycles. The lowest BCUT2D eigenvalue weighted by atomic mass is 9.95. The van der Waals surface area contributed by atoms with Gasteiger partial charge < -0.3 is 5.11 Å². The second-order valence-electron chi connectivity index (χ2n) is 6.01. The molecule has 0 saturated carbocycles. The van der Waals surface area contributed by atoms with Crippen molar-refractivity contribution in [1.82, 2.24) is 0 Å². The number of carboxylic acid groups (broad SMARTS) is 1. The third kappa shape index (κ3) is 5.34. The van der Waals surface area contributed by atoms with Gasteiger partial charge in [-0.1, -0.05) is 41.4 Å². The second kappa shape index (κ2) is 8.69. The molecule has 0 fully saturated rings. The van der Waals surface area contributed by atoms with Gasteiger partial charge in [-0.2, -0.15) is 26.3 Å². The van der Waals surface area contributed by atoms with Crippen LogP contribution in [0.1, 0.15) is 43.3 Å². The molecule has 0 radical (unpaired) electrons. The molecule has 1 unspecified atom stereocenters. The van der Waals surface area contributed by atoms with Gasteiger partial charge in [0.2, 0.25) is 0 Å². The van der Waals surface area contributed by atoms with E-state index in [4.69, 9.17) is 28.3 Å². The molecule has 1 atom stereocenters. The quantitative estimate of drug-likeness (QED) is 0.382. The summed E-state index contributed by atoms with van der Waals surface area (Å²) in [6.45, 7) is 0. The van der Waals surface area contributed by atoms with Gasteiger partial charge in [0.25, 0.3) is 0 Å². The van der Waals surface area contributed by atoms with E-state index in [1.54, 1.807) is 0 Å². The summed E-state index contributed by atoms with van der Waals surface area (Å²) in [6.07, 6.45) is -8.34. The summed E-state index contributed by atoms with van der Waals surface area (Å²) in [7, 11) is 0. The Morgan fingerprint density at radius 2 is 1.67 bits per heavy atom. The Morgan fingerprint density at radius 3 is 2.17 bits per heavy atom. The van der Waals surface area contributed by atoms with Crippen LogP contribution in [0, 0.1) is 0 Å². The van der Waals surface area contributed by atoms with E-state index in [2.05, 4.69) is 0 Å². The van der Waals surface area contributed by atoms with Crippen LogP contribution in [0.2, 0.25) is 10.0 Å². The molecule has 0 heterocycles. The average molecular weight is 471 g/mol. The minimum Gasteiger partial charge on any atom is -0.478 e. The number of carbonyl (C=O) groups is 2. The third-order valence-corrected chi connectivity index (χ3v) is 4.79. The van der Waals surface area contributed by atoms with E-state index in [1.807, 2.05) is 0 Å². The topological polar surface area (TPSA) is 54.4 Å². The first kappa shape index (κ1) is 23.8. The lowest BCUT2D eigenvalue weighted by molar-refractivity contribution is -0.139. The monoisotopic (exact) mass is 470 g/mol. The van der Waals surface area contributed by atoms with Crippen molar-refractivity contribution in [3.63, 3.8) is 0 Å². The Bertz CT molecular complexity index is 1010. The van der Waals surface area contributed by atoms with Crippen LogP contribution in [0.5, 0.6) is 0 Å². The van der Waals surface area contributed by atoms with Gasteiger partial charge in [0.15, 0.2) is 6.29 Å². The SMILES string of the molecule is O=Cc1cc(C(C=Cc2ccc(C(=O)O)c(C(F)(F)F)c2)C(F)(F)F)cc(Cl)c1Cl. The van der Waals surface area contributed by atoms with E-state index < -0.39 is 40.9 Å². The van der Waals surface area contributed by atoms with Crippen LogP contribution in [0.3, 0.4) is 0 Å². The van der Waals surface area contributed by atoms with Crippen molar-refractivity contribution < 1.29 is 41.0 Å². The molecule has 0 spiro atoms. The number of carboxylic acids is 1. The summed E-state index contributed by atoms with van der Waals surface area (Å²) in [4.78, 5) is 22.0. The van der Waals surface area contributed by atoms with Crippen molar-refractivity contribution in [2.45, 2.75) is 18.3 Å². The number of benzene rings is 2. The van der Waals surface area contributed by atoms with E-state index in [-0.39, 0.29) is 27.5 Å². The predicted octanol–water partition coefficient (Wildman–Crippen LogP) is 6.88. The smallest absolute Gasteiger partial charge is 0.417 e. The zero-order valence-corrected chi connectivity index (χ0v) is 16.0. The highest BCUT2D eigenvalue weighted by molar-refractivity contribution is 6.43. The van der Waals surface area contributed by atoms with Crippen molar-refractivity contribution in [3.8, 4) is 0 Å². The van der Waals surface area contributed by atoms with Gasteiger partial charge in [-0.25, -0.2) is 4.79 Å². The summed E-state index contributed by atoms with van der Waals surface area (Å²) in [5.41, 5.74) is -3.58. The molecule has 0 aliphatic rings. The van der Waals surface area contributed by atoms with Gasteiger partial charge in [-0.15, -0.1) is 0 Å². The van der Waals surface area contributed by atoms with Gasteiger partial charge in [0.05, 0.1) is 27.1 Å². The molecule has 2 aromatic carbocycles. The molecule has 3 nitrogen and oxygen atoms in total. The van der Waals surface area contributed by atoms with Crippen LogP contribution in [-0.2, 0) is 6.18 Å². The first-order chi connectivity index (χ1) is 13.8. The van der Waals surface area contributed by atoms with E-state index >= 15 is 0 Å². The van der Waals surface area contributed by atoms with E-state index in [0.717, 1.165) is 24.3 Å². The number of rotatable bonds is 5. The standard InChI is InChI=1S/C19H10Cl2F6O3/c20-15-7-10(6-11(8-28)16(15)21)13(18(22,23)24)4-2-9-1-3-12(17(29)30)14(5-9)19(25,26)27/h1-8,13H,(H,29,30). The molecular weight excluding hydrogens is 461 g/mol. The lowest BCUT2D eigenvalue weighted by Gasteiger charge is -2.19. The minimum absolute atomic E-state index is 0.217.